The molecule has 0 aliphatic carbocycles. The third-order valence-corrected chi connectivity index (χ3v) is 2.82. The molecule has 2 unspecified atom stereocenters. The lowest BCUT2D eigenvalue weighted by molar-refractivity contribution is -0.384. The number of hydrogen-bond acceptors (Lipinski definition) is 6. The van der Waals surface area contributed by atoms with Gasteiger partial charge in [-0.2, -0.15) is 4.98 Å². The fraction of sp³-hybridized carbons (Fsp3) is 0.636. The number of nitrogens with one attached hydrogen (secondary N) is 1. The number of aromatic nitrogens is 2. The van der Waals surface area contributed by atoms with Gasteiger partial charge in [-0.1, -0.05) is 20.3 Å². The Kier molecular flexibility index (Phi) is 4.82. The van der Waals surface area contributed by atoms with Gasteiger partial charge in [0.25, 0.3) is 0 Å². The van der Waals surface area contributed by atoms with Crippen molar-refractivity contribution in [3.8, 4) is 0 Å². The third kappa shape index (κ3) is 3.83. The van der Waals surface area contributed by atoms with E-state index >= 15 is 0 Å². The van der Waals surface area contributed by atoms with Crippen LogP contribution in [0.1, 0.15) is 33.6 Å². The summed E-state index contributed by atoms with van der Waals surface area (Å²) in [6.07, 6.45) is 3.11. The van der Waals surface area contributed by atoms with E-state index in [0.29, 0.717) is 5.92 Å². The molecular formula is C11H19N5O2. The van der Waals surface area contributed by atoms with E-state index in [1.54, 1.807) is 0 Å². The van der Waals surface area contributed by atoms with Crippen molar-refractivity contribution < 1.29 is 4.92 Å². The van der Waals surface area contributed by atoms with Crippen LogP contribution >= 0.6 is 0 Å². The van der Waals surface area contributed by atoms with Gasteiger partial charge < -0.3 is 11.1 Å². The van der Waals surface area contributed by atoms with Gasteiger partial charge in [0.2, 0.25) is 11.8 Å². The molecule has 0 fully saturated rings. The molecule has 0 radical (unpaired) electrons. The second kappa shape index (κ2) is 6.13. The van der Waals surface area contributed by atoms with E-state index < -0.39 is 4.92 Å². The highest BCUT2D eigenvalue weighted by Crippen LogP contribution is 2.23. The van der Waals surface area contributed by atoms with Crippen LogP contribution in [0.25, 0.3) is 0 Å². The maximum absolute atomic E-state index is 10.8. The Morgan fingerprint density at radius 3 is 2.78 bits per heavy atom. The van der Waals surface area contributed by atoms with Crippen LogP contribution in [0, 0.1) is 16.0 Å². The summed E-state index contributed by atoms with van der Waals surface area (Å²) in [5.41, 5.74) is 5.29. The number of rotatable bonds is 6. The zero-order valence-electron chi connectivity index (χ0n) is 10.9. The summed E-state index contributed by atoms with van der Waals surface area (Å²) in [6.45, 7) is 6.22. The van der Waals surface area contributed by atoms with Crippen molar-refractivity contribution in [2.24, 2.45) is 5.92 Å². The quantitative estimate of drug-likeness (QED) is 0.594. The zero-order chi connectivity index (χ0) is 13.7. The molecule has 0 saturated heterocycles. The van der Waals surface area contributed by atoms with Crippen molar-refractivity contribution in [2.45, 2.75) is 39.7 Å². The average molecular weight is 253 g/mol. The van der Waals surface area contributed by atoms with Crippen LogP contribution in [-0.2, 0) is 0 Å². The van der Waals surface area contributed by atoms with Crippen LogP contribution in [-0.4, -0.2) is 20.9 Å². The molecule has 1 rings (SSSR count). The van der Waals surface area contributed by atoms with Crippen LogP contribution in [0.15, 0.2) is 6.20 Å². The lowest BCUT2D eigenvalue weighted by atomic mass is 10.0. The van der Waals surface area contributed by atoms with E-state index in [-0.39, 0.29) is 23.5 Å². The number of hydrogen-bond donors (Lipinski definition) is 2. The first-order valence-electron chi connectivity index (χ1n) is 5.97. The predicted molar refractivity (Wildman–Crippen MR) is 70.3 cm³/mol. The average Bonchev–Trinajstić information content (AvgIpc) is 2.28. The highest BCUT2D eigenvalue weighted by Gasteiger charge is 2.18. The molecule has 1 aromatic heterocycles. The molecule has 0 aliphatic rings. The Morgan fingerprint density at radius 2 is 2.22 bits per heavy atom. The van der Waals surface area contributed by atoms with Gasteiger partial charge in [-0.3, -0.25) is 10.1 Å². The van der Waals surface area contributed by atoms with Crippen molar-refractivity contribution in [1.82, 2.24) is 9.97 Å². The Morgan fingerprint density at radius 1 is 1.56 bits per heavy atom. The molecule has 0 saturated carbocycles. The van der Waals surface area contributed by atoms with Crippen molar-refractivity contribution in [3.63, 3.8) is 0 Å². The Balaban J connectivity index is 2.82. The molecule has 0 spiro atoms. The molecule has 100 valence electrons. The second-order valence-electron chi connectivity index (χ2n) is 4.51. The molecule has 0 aliphatic heterocycles. The van der Waals surface area contributed by atoms with E-state index in [0.717, 1.165) is 19.0 Å². The Bertz CT molecular complexity index is 424. The van der Waals surface area contributed by atoms with Gasteiger partial charge in [0.1, 0.15) is 6.20 Å². The minimum absolute atomic E-state index is 0.0267. The van der Waals surface area contributed by atoms with E-state index in [4.69, 9.17) is 5.73 Å². The Labute approximate surface area is 106 Å². The number of anilines is 2. The topological polar surface area (TPSA) is 107 Å². The summed E-state index contributed by atoms with van der Waals surface area (Å²) in [7, 11) is 0. The van der Waals surface area contributed by atoms with Crippen LogP contribution < -0.4 is 11.1 Å². The molecule has 7 heteroatoms. The van der Waals surface area contributed by atoms with Crippen LogP contribution in [0.5, 0.6) is 0 Å². The SMILES string of the molecule is CCC(C)CC(C)Nc1nc(N)ncc1[N+](=O)[O-]. The van der Waals surface area contributed by atoms with Gasteiger partial charge in [-0.15, -0.1) is 0 Å². The van der Waals surface area contributed by atoms with Crippen LogP contribution in [0.3, 0.4) is 0 Å². The molecule has 1 heterocycles. The van der Waals surface area contributed by atoms with Gasteiger partial charge in [0.15, 0.2) is 0 Å². The summed E-state index contributed by atoms with van der Waals surface area (Å²) in [4.78, 5) is 17.8. The molecule has 18 heavy (non-hydrogen) atoms. The van der Waals surface area contributed by atoms with Gasteiger partial charge in [-0.25, -0.2) is 4.98 Å². The molecule has 0 amide bonds. The molecule has 1 aromatic rings. The summed E-state index contributed by atoms with van der Waals surface area (Å²) in [6, 6.07) is 0.0907. The lowest BCUT2D eigenvalue weighted by Crippen LogP contribution is -2.20. The Hall–Kier alpha value is -1.92. The molecule has 2 atom stereocenters. The molecule has 0 aromatic carbocycles. The van der Waals surface area contributed by atoms with Crippen molar-refractivity contribution >= 4 is 17.5 Å². The van der Waals surface area contributed by atoms with E-state index in [1.165, 1.54) is 0 Å². The highest BCUT2D eigenvalue weighted by atomic mass is 16.6. The number of nitrogen functional groups attached to an aromatic ring is 1. The fourth-order valence-electron chi connectivity index (χ4n) is 1.69. The van der Waals surface area contributed by atoms with Crippen molar-refractivity contribution in [1.29, 1.82) is 0 Å². The van der Waals surface area contributed by atoms with Crippen LogP contribution in [0.4, 0.5) is 17.5 Å². The highest BCUT2D eigenvalue weighted by molar-refractivity contribution is 5.56. The summed E-state index contributed by atoms with van der Waals surface area (Å²) in [5.74, 6) is 0.757. The largest absolute Gasteiger partial charge is 0.368 e. The second-order valence-corrected chi connectivity index (χ2v) is 4.51. The number of nitrogens with two attached hydrogens (primary N) is 1. The number of nitrogens with zero attached hydrogens (tertiary/aromatic N) is 3. The minimum atomic E-state index is -0.516. The maximum atomic E-state index is 10.8. The lowest BCUT2D eigenvalue weighted by Gasteiger charge is -2.17. The first-order valence-corrected chi connectivity index (χ1v) is 5.97. The summed E-state index contributed by atoms with van der Waals surface area (Å²) >= 11 is 0. The van der Waals surface area contributed by atoms with Crippen molar-refractivity contribution in [3.05, 3.63) is 16.3 Å². The van der Waals surface area contributed by atoms with Gasteiger partial charge >= 0.3 is 5.69 Å². The minimum Gasteiger partial charge on any atom is -0.368 e. The van der Waals surface area contributed by atoms with Crippen molar-refractivity contribution in [2.75, 3.05) is 11.1 Å². The smallest absolute Gasteiger partial charge is 0.329 e. The maximum Gasteiger partial charge on any atom is 0.329 e. The van der Waals surface area contributed by atoms with E-state index in [1.807, 2.05) is 6.92 Å². The molecule has 7 nitrogen and oxygen atoms in total. The zero-order valence-corrected chi connectivity index (χ0v) is 10.9. The first-order chi connectivity index (χ1) is 8.43. The standard InChI is InChI=1S/C11H19N5O2/c1-4-7(2)5-8(3)14-10-9(16(17)18)6-13-11(12)15-10/h6-8H,4-5H2,1-3H3,(H3,12,13,14,15). The summed E-state index contributed by atoms with van der Waals surface area (Å²) in [5, 5.41) is 13.9. The van der Waals surface area contributed by atoms with E-state index in [2.05, 4.69) is 29.1 Å². The first kappa shape index (κ1) is 14.1. The number of nitro groups is 1. The third-order valence-electron chi connectivity index (χ3n) is 2.82. The summed E-state index contributed by atoms with van der Waals surface area (Å²) < 4.78 is 0. The monoisotopic (exact) mass is 253 g/mol. The molecule has 3 N–H and O–H groups in total. The predicted octanol–water partition coefficient (Wildman–Crippen LogP) is 2.20. The van der Waals surface area contributed by atoms with Crippen LogP contribution in [0.2, 0.25) is 0 Å². The van der Waals surface area contributed by atoms with Gasteiger partial charge in [0.05, 0.1) is 4.92 Å². The fourth-order valence-corrected chi connectivity index (χ4v) is 1.69. The molecular weight excluding hydrogens is 234 g/mol. The normalized spacial score (nSPS) is 13.9. The van der Waals surface area contributed by atoms with Gasteiger partial charge in [-0.05, 0) is 19.3 Å². The van der Waals surface area contributed by atoms with Gasteiger partial charge in [0, 0.05) is 6.04 Å². The molecule has 0 bridgehead atoms. The van der Waals surface area contributed by atoms with E-state index in [9.17, 15) is 10.1 Å².